The topological polar surface area (TPSA) is 55.2 Å². The first-order valence-electron chi connectivity index (χ1n) is 8.98. The van der Waals surface area contributed by atoms with E-state index in [0.717, 1.165) is 23.6 Å². The second kappa shape index (κ2) is 8.31. The van der Waals surface area contributed by atoms with Crippen LogP contribution in [-0.2, 0) is 13.0 Å². The van der Waals surface area contributed by atoms with Gasteiger partial charge in [-0.1, -0.05) is 24.6 Å². The monoisotopic (exact) mass is 380 g/mol. The molecule has 0 spiro atoms. The molecule has 0 atom stereocenters. The Morgan fingerprint density at radius 3 is 2.44 bits per heavy atom. The van der Waals surface area contributed by atoms with E-state index < -0.39 is 0 Å². The summed E-state index contributed by atoms with van der Waals surface area (Å²) >= 11 is 5.20. The van der Waals surface area contributed by atoms with Crippen molar-refractivity contribution in [3.05, 3.63) is 74.8 Å². The fourth-order valence-corrected chi connectivity index (χ4v) is 3.24. The number of aryl methyl sites for hydroxylation is 4. The molecule has 3 rings (SSSR count). The van der Waals surface area contributed by atoms with E-state index >= 15 is 0 Å². The summed E-state index contributed by atoms with van der Waals surface area (Å²) in [5, 5.41) is 11.3. The number of benzene rings is 2. The van der Waals surface area contributed by atoms with Gasteiger partial charge in [0.05, 0.1) is 6.21 Å². The van der Waals surface area contributed by atoms with Gasteiger partial charge in [0.25, 0.3) is 0 Å². The molecule has 0 aliphatic heterocycles. The number of hydrogen-bond acceptors (Lipinski definition) is 4. The molecular weight excluding hydrogens is 356 g/mol. The van der Waals surface area contributed by atoms with E-state index in [2.05, 4.69) is 48.2 Å². The van der Waals surface area contributed by atoms with Gasteiger partial charge in [0.2, 0.25) is 4.77 Å². The van der Waals surface area contributed by atoms with Gasteiger partial charge in [-0.2, -0.15) is 14.9 Å². The zero-order valence-corrected chi connectivity index (χ0v) is 16.9. The highest BCUT2D eigenvalue weighted by atomic mass is 32.1. The number of nitrogens with zero attached hydrogens (tertiary/aromatic N) is 3. The van der Waals surface area contributed by atoms with Gasteiger partial charge in [-0.3, -0.25) is 5.10 Å². The molecule has 0 saturated carbocycles. The summed E-state index contributed by atoms with van der Waals surface area (Å²) in [6.07, 6.45) is 2.53. The van der Waals surface area contributed by atoms with Crippen LogP contribution in [0.2, 0.25) is 0 Å². The van der Waals surface area contributed by atoms with Crippen molar-refractivity contribution in [1.82, 2.24) is 14.9 Å². The highest BCUT2D eigenvalue weighted by Crippen LogP contribution is 2.19. The molecule has 0 saturated heterocycles. The summed E-state index contributed by atoms with van der Waals surface area (Å²) < 4.78 is 8.11. The van der Waals surface area contributed by atoms with Crippen LogP contribution in [0.4, 0.5) is 0 Å². The predicted octanol–water partition coefficient (Wildman–Crippen LogP) is 4.89. The molecule has 1 N–H and O–H groups in total. The number of nitrogens with one attached hydrogen (secondary N) is 1. The molecule has 0 fully saturated rings. The summed E-state index contributed by atoms with van der Waals surface area (Å²) in [5.74, 6) is 1.64. The molecule has 6 heteroatoms. The van der Waals surface area contributed by atoms with Crippen molar-refractivity contribution in [3.63, 3.8) is 0 Å². The van der Waals surface area contributed by atoms with Crippen molar-refractivity contribution in [2.24, 2.45) is 5.10 Å². The van der Waals surface area contributed by atoms with Crippen LogP contribution in [-0.4, -0.2) is 21.1 Å². The molecule has 27 heavy (non-hydrogen) atoms. The summed E-state index contributed by atoms with van der Waals surface area (Å²) in [7, 11) is 0. The number of hydrogen-bond donors (Lipinski definition) is 1. The summed E-state index contributed by atoms with van der Waals surface area (Å²) in [6, 6.07) is 12.2. The number of aromatic amines is 1. The van der Waals surface area contributed by atoms with Crippen LogP contribution in [0.25, 0.3) is 0 Å². The van der Waals surface area contributed by atoms with Gasteiger partial charge in [-0.15, -0.1) is 0 Å². The molecule has 1 aromatic heterocycles. The fourth-order valence-electron chi connectivity index (χ4n) is 3.04. The molecule has 0 bridgehead atoms. The van der Waals surface area contributed by atoms with E-state index in [9.17, 15) is 0 Å². The van der Waals surface area contributed by atoms with Crippen molar-refractivity contribution in [2.75, 3.05) is 0 Å². The average molecular weight is 381 g/mol. The molecule has 140 valence electrons. The Labute approximate surface area is 164 Å². The fraction of sp³-hybridized carbons (Fsp3) is 0.286. The van der Waals surface area contributed by atoms with Gasteiger partial charge in [0.15, 0.2) is 5.82 Å². The molecule has 1 heterocycles. The zero-order chi connectivity index (χ0) is 19.4. The largest absolute Gasteiger partial charge is 0.489 e. The van der Waals surface area contributed by atoms with Crippen LogP contribution >= 0.6 is 12.2 Å². The smallest absolute Gasteiger partial charge is 0.216 e. The quantitative estimate of drug-likeness (QED) is 0.489. The molecule has 0 unspecified atom stereocenters. The summed E-state index contributed by atoms with van der Waals surface area (Å²) in [4.78, 5) is 0. The van der Waals surface area contributed by atoms with E-state index in [0.29, 0.717) is 11.4 Å². The molecule has 2 aromatic carbocycles. The van der Waals surface area contributed by atoms with E-state index in [4.69, 9.17) is 17.0 Å². The Kier molecular flexibility index (Phi) is 5.86. The molecule has 5 nitrogen and oxygen atoms in total. The average Bonchev–Trinajstić information content (AvgIpc) is 3.00. The van der Waals surface area contributed by atoms with E-state index in [1.807, 2.05) is 31.2 Å². The van der Waals surface area contributed by atoms with Gasteiger partial charge < -0.3 is 4.74 Å². The van der Waals surface area contributed by atoms with Crippen LogP contribution in [0.5, 0.6) is 5.75 Å². The molecule has 0 aliphatic carbocycles. The predicted molar refractivity (Wildman–Crippen MR) is 111 cm³/mol. The van der Waals surface area contributed by atoms with Crippen LogP contribution in [0.15, 0.2) is 41.5 Å². The lowest BCUT2D eigenvalue weighted by molar-refractivity contribution is 0.304. The van der Waals surface area contributed by atoms with Crippen molar-refractivity contribution in [2.45, 2.75) is 40.7 Å². The minimum atomic E-state index is 0.492. The minimum absolute atomic E-state index is 0.492. The van der Waals surface area contributed by atoms with Gasteiger partial charge in [0, 0.05) is 6.42 Å². The second-order valence-corrected chi connectivity index (χ2v) is 6.98. The maximum Gasteiger partial charge on any atom is 0.216 e. The normalized spacial score (nSPS) is 11.3. The third-order valence-corrected chi connectivity index (χ3v) is 4.72. The number of H-pyrrole nitrogens is 1. The van der Waals surface area contributed by atoms with E-state index in [-0.39, 0.29) is 0 Å². The molecule has 0 aliphatic rings. The SMILES string of the molecule is CCc1n[nH]c(=S)n1/N=C\c1ccc(OCc2c(C)cc(C)cc2C)cc1. The maximum absolute atomic E-state index is 5.97. The molecule has 0 radical (unpaired) electrons. The third-order valence-electron chi connectivity index (χ3n) is 4.46. The first kappa shape index (κ1) is 19.0. The lowest BCUT2D eigenvalue weighted by Gasteiger charge is -2.13. The Hall–Kier alpha value is -2.73. The highest BCUT2D eigenvalue weighted by Gasteiger charge is 2.05. The summed E-state index contributed by atoms with van der Waals surface area (Å²) in [6.45, 7) is 8.95. The van der Waals surface area contributed by atoms with Crippen LogP contribution < -0.4 is 4.74 Å². The van der Waals surface area contributed by atoms with Gasteiger partial charge >= 0.3 is 0 Å². The van der Waals surface area contributed by atoms with Gasteiger partial charge in [0.1, 0.15) is 12.4 Å². The Morgan fingerprint density at radius 1 is 1.15 bits per heavy atom. The molecule has 0 amide bonds. The zero-order valence-electron chi connectivity index (χ0n) is 16.1. The first-order chi connectivity index (χ1) is 13.0. The Balaban J connectivity index is 1.68. The molecule has 3 aromatic rings. The Bertz CT molecular complexity index is 992. The number of ether oxygens (including phenoxy) is 1. The van der Waals surface area contributed by atoms with Crippen molar-refractivity contribution < 1.29 is 4.74 Å². The van der Waals surface area contributed by atoms with Gasteiger partial charge in [-0.05, 0) is 79.5 Å². The van der Waals surface area contributed by atoms with Gasteiger partial charge in [-0.25, -0.2) is 0 Å². The highest BCUT2D eigenvalue weighted by molar-refractivity contribution is 7.71. The lowest BCUT2D eigenvalue weighted by atomic mass is 10.0. The molecular formula is C21H24N4OS. The van der Waals surface area contributed by atoms with E-state index in [1.165, 1.54) is 22.3 Å². The maximum atomic E-state index is 5.97. The summed E-state index contributed by atoms with van der Waals surface area (Å²) in [5.41, 5.74) is 6.02. The lowest BCUT2D eigenvalue weighted by Crippen LogP contribution is -2.01. The number of aromatic nitrogens is 3. The number of rotatable bonds is 6. The van der Waals surface area contributed by atoms with E-state index in [1.54, 1.807) is 10.9 Å². The minimum Gasteiger partial charge on any atom is -0.489 e. The van der Waals surface area contributed by atoms with Crippen LogP contribution in [0.1, 0.15) is 40.6 Å². The third kappa shape index (κ3) is 4.52. The van der Waals surface area contributed by atoms with Crippen molar-refractivity contribution in [1.29, 1.82) is 0 Å². The van der Waals surface area contributed by atoms with Crippen LogP contribution in [0.3, 0.4) is 0 Å². The second-order valence-electron chi connectivity index (χ2n) is 6.59. The Morgan fingerprint density at radius 2 is 1.81 bits per heavy atom. The van der Waals surface area contributed by atoms with Crippen molar-refractivity contribution >= 4 is 18.4 Å². The van der Waals surface area contributed by atoms with Crippen LogP contribution in [0, 0.1) is 25.5 Å². The van der Waals surface area contributed by atoms with Crippen molar-refractivity contribution in [3.8, 4) is 5.75 Å². The standard InChI is InChI=1S/C21H24N4OS/c1-5-20-23-24-21(27)25(20)22-12-17-6-8-18(9-7-17)26-13-19-15(3)10-14(2)11-16(19)4/h6-12H,5,13H2,1-4H3,(H,24,27)/b22-12-. The first-order valence-corrected chi connectivity index (χ1v) is 9.39.